The third kappa shape index (κ3) is 6.70. The molecule has 2 aromatic rings. The molecule has 2 aromatic carbocycles. The number of rotatable bonds is 9. The molecule has 0 saturated heterocycles. The number of benzene rings is 2. The summed E-state index contributed by atoms with van der Waals surface area (Å²) in [5.74, 6) is -0.280. The Hall–Kier alpha value is -3.09. The van der Waals surface area contributed by atoms with Gasteiger partial charge < -0.3 is 19.1 Å². The lowest BCUT2D eigenvalue weighted by Gasteiger charge is -2.34. The minimum Gasteiger partial charge on any atom is -0.493 e. The van der Waals surface area contributed by atoms with Crippen LogP contribution < -0.4 is 9.47 Å². The minimum absolute atomic E-state index is 0.0924. The van der Waals surface area contributed by atoms with E-state index in [1.165, 1.54) is 19.2 Å². The van der Waals surface area contributed by atoms with Gasteiger partial charge in [-0.2, -0.15) is 0 Å². The topological polar surface area (TPSA) is 65.1 Å². The standard InChI is InChI=1S/C24H28FNO5/c1-29-21-9-5-6-10-22(21)30-17-24(28)31-16-23(27)26(20-7-3-2-4-8-20)15-18-11-13-19(25)14-12-18/h5-6,9-14,20H,2-4,7-8,15-17H2,1H3. The normalized spacial score (nSPS) is 14.0. The Morgan fingerprint density at radius 2 is 1.65 bits per heavy atom. The molecule has 0 atom stereocenters. The van der Waals surface area contributed by atoms with Gasteiger partial charge in [-0.3, -0.25) is 4.79 Å². The van der Waals surface area contributed by atoms with E-state index in [0.29, 0.717) is 18.0 Å². The average molecular weight is 429 g/mol. The molecule has 1 aliphatic carbocycles. The fourth-order valence-electron chi connectivity index (χ4n) is 3.74. The summed E-state index contributed by atoms with van der Waals surface area (Å²) in [4.78, 5) is 26.8. The lowest BCUT2D eigenvalue weighted by Crippen LogP contribution is -2.43. The molecule has 1 saturated carbocycles. The van der Waals surface area contributed by atoms with Gasteiger partial charge in [0.25, 0.3) is 5.91 Å². The first-order valence-corrected chi connectivity index (χ1v) is 10.5. The maximum atomic E-state index is 13.2. The Kier molecular flexibility index (Phi) is 8.27. The van der Waals surface area contributed by atoms with Gasteiger partial charge in [0.1, 0.15) is 5.82 Å². The molecule has 1 aliphatic rings. The first kappa shape index (κ1) is 22.6. The van der Waals surface area contributed by atoms with Crippen LogP contribution in [0.25, 0.3) is 0 Å². The van der Waals surface area contributed by atoms with Gasteiger partial charge in [-0.25, -0.2) is 9.18 Å². The van der Waals surface area contributed by atoms with Crippen LogP contribution in [0.3, 0.4) is 0 Å². The second-order valence-corrected chi connectivity index (χ2v) is 7.54. The van der Waals surface area contributed by atoms with Crippen molar-refractivity contribution >= 4 is 11.9 Å². The minimum atomic E-state index is -0.635. The smallest absolute Gasteiger partial charge is 0.344 e. The predicted molar refractivity (Wildman–Crippen MR) is 113 cm³/mol. The molecule has 0 radical (unpaired) electrons. The molecule has 0 unspecified atom stereocenters. The summed E-state index contributed by atoms with van der Waals surface area (Å²) >= 11 is 0. The number of hydrogen-bond donors (Lipinski definition) is 0. The first-order valence-electron chi connectivity index (χ1n) is 10.5. The zero-order chi connectivity index (χ0) is 22.1. The molecule has 0 aliphatic heterocycles. The van der Waals surface area contributed by atoms with Crippen LogP contribution in [0.2, 0.25) is 0 Å². The van der Waals surface area contributed by atoms with Gasteiger partial charge in [0.2, 0.25) is 0 Å². The second kappa shape index (κ2) is 11.3. The number of carbonyl (C=O) groups excluding carboxylic acids is 2. The zero-order valence-corrected chi connectivity index (χ0v) is 17.7. The Bertz CT molecular complexity index is 865. The van der Waals surface area contributed by atoms with Crippen molar-refractivity contribution < 1.29 is 28.2 Å². The van der Waals surface area contributed by atoms with Crippen LogP contribution >= 0.6 is 0 Å². The van der Waals surface area contributed by atoms with Crippen molar-refractivity contribution in [3.63, 3.8) is 0 Å². The summed E-state index contributed by atoms with van der Waals surface area (Å²) in [6.07, 6.45) is 5.11. The number of halogens is 1. The number of amides is 1. The van der Waals surface area contributed by atoms with E-state index in [9.17, 15) is 14.0 Å². The molecular formula is C24H28FNO5. The molecule has 1 amide bonds. The molecule has 3 rings (SSSR count). The fourth-order valence-corrected chi connectivity index (χ4v) is 3.74. The molecule has 0 spiro atoms. The Labute approximate surface area is 181 Å². The summed E-state index contributed by atoms with van der Waals surface area (Å²) < 4.78 is 29.0. The van der Waals surface area contributed by atoms with Crippen molar-refractivity contribution in [3.05, 3.63) is 59.9 Å². The van der Waals surface area contributed by atoms with Gasteiger partial charge in [0.05, 0.1) is 7.11 Å². The number of para-hydroxylation sites is 2. The Balaban J connectivity index is 1.56. The van der Waals surface area contributed by atoms with Gasteiger partial charge in [0.15, 0.2) is 24.7 Å². The SMILES string of the molecule is COc1ccccc1OCC(=O)OCC(=O)N(Cc1ccc(F)cc1)C1CCCCC1. The summed E-state index contributed by atoms with van der Waals surface area (Å²) in [5.41, 5.74) is 0.839. The van der Waals surface area contributed by atoms with Crippen molar-refractivity contribution in [2.75, 3.05) is 20.3 Å². The highest BCUT2D eigenvalue weighted by Crippen LogP contribution is 2.26. The molecule has 31 heavy (non-hydrogen) atoms. The van der Waals surface area contributed by atoms with Gasteiger partial charge in [0, 0.05) is 12.6 Å². The summed E-state index contributed by atoms with van der Waals surface area (Å²) in [6.45, 7) is -0.320. The fraction of sp³-hybridized carbons (Fsp3) is 0.417. The summed E-state index contributed by atoms with van der Waals surface area (Å²) in [6, 6.07) is 13.2. The molecule has 0 N–H and O–H groups in total. The van der Waals surface area contributed by atoms with E-state index in [1.54, 1.807) is 41.3 Å². The van der Waals surface area contributed by atoms with Crippen LogP contribution in [-0.2, 0) is 20.9 Å². The number of carbonyl (C=O) groups is 2. The number of esters is 1. The lowest BCUT2D eigenvalue weighted by molar-refractivity contribution is -0.155. The Morgan fingerprint density at radius 3 is 2.32 bits per heavy atom. The molecule has 0 aromatic heterocycles. The van der Waals surface area contributed by atoms with Gasteiger partial charge in [-0.15, -0.1) is 0 Å². The van der Waals surface area contributed by atoms with Crippen LogP contribution in [0.4, 0.5) is 4.39 Å². The van der Waals surface area contributed by atoms with Crippen LogP contribution in [0.1, 0.15) is 37.7 Å². The van der Waals surface area contributed by atoms with Crippen LogP contribution in [0.15, 0.2) is 48.5 Å². The number of ether oxygens (including phenoxy) is 3. The highest BCUT2D eigenvalue weighted by Gasteiger charge is 2.26. The summed E-state index contributed by atoms with van der Waals surface area (Å²) in [5, 5.41) is 0. The average Bonchev–Trinajstić information content (AvgIpc) is 2.81. The number of nitrogens with zero attached hydrogens (tertiary/aromatic N) is 1. The number of methoxy groups -OCH3 is 1. The highest BCUT2D eigenvalue weighted by atomic mass is 19.1. The third-order valence-corrected chi connectivity index (χ3v) is 5.37. The predicted octanol–water partition coefficient (Wildman–Crippen LogP) is 4.12. The molecule has 166 valence electrons. The maximum Gasteiger partial charge on any atom is 0.344 e. The van der Waals surface area contributed by atoms with Crippen LogP contribution in [0, 0.1) is 5.82 Å². The monoisotopic (exact) mass is 429 g/mol. The van der Waals surface area contributed by atoms with E-state index in [4.69, 9.17) is 14.2 Å². The van der Waals surface area contributed by atoms with Gasteiger partial charge in [-0.05, 0) is 42.7 Å². The molecule has 0 bridgehead atoms. The van der Waals surface area contributed by atoms with E-state index in [-0.39, 0.29) is 31.0 Å². The zero-order valence-electron chi connectivity index (χ0n) is 17.7. The van der Waals surface area contributed by atoms with Gasteiger partial charge in [-0.1, -0.05) is 43.5 Å². The second-order valence-electron chi connectivity index (χ2n) is 7.54. The van der Waals surface area contributed by atoms with Crippen LogP contribution in [0.5, 0.6) is 11.5 Å². The van der Waals surface area contributed by atoms with Gasteiger partial charge >= 0.3 is 5.97 Å². The largest absolute Gasteiger partial charge is 0.493 e. The van der Waals surface area contributed by atoms with Crippen molar-refractivity contribution in [3.8, 4) is 11.5 Å². The van der Waals surface area contributed by atoms with E-state index < -0.39 is 5.97 Å². The van der Waals surface area contributed by atoms with Crippen molar-refractivity contribution in [2.24, 2.45) is 0 Å². The quantitative estimate of drug-likeness (QED) is 0.561. The summed E-state index contributed by atoms with van der Waals surface area (Å²) in [7, 11) is 1.51. The molecule has 6 nitrogen and oxygen atoms in total. The van der Waals surface area contributed by atoms with E-state index >= 15 is 0 Å². The van der Waals surface area contributed by atoms with E-state index in [2.05, 4.69) is 0 Å². The van der Waals surface area contributed by atoms with Crippen molar-refractivity contribution in [1.82, 2.24) is 4.90 Å². The van der Waals surface area contributed by atoms with Crippen molar-refractivity contribution in [2.45, 2.75) is 44.7 Å². The molecule has 1 fully saturated rings. The molecular weight excluding hydrogens is 401 g/mol. The first-order chi connectivity index (χ1) is 15.1. The molecule has 0 heterocycles. The number of hydrogen-bond acceptors (Lipinski definition) is 5. The van der Waals surface area contributed by atoms with E-state index in [1.807, 2.05) is 0 Å². The third-order valence-electron chi connectivity index (χ3n) is 5.37. The lowest BCUT2D eigenvalue weighted by atomic mass is 9.93. The highest BCUT2D eigenvalue weighted by molar-refractivity contribution is 5.81. The van der Waals surface area contributed by atoms with Crippen LogP contribution in [-0.4, -0.2) is 43.1 Å². The van der Waals surface area contributed by atoms with Crippen molar-refractivity contribution in [1.29, 1.82) is 0 Å². The molecule has 7 heteroatoms. The Morgan fingerprint density at radius 1 is 0.968 bits per heavy atom. The maximum absolute atomic E-state index is 13.2. The van der Waals surface area contributed by atoms with E-state index in [0.717, 1.165) is 37.7 Å².